The molecule has 3 N–H and O–H groups in total. The van der Waals surface area contributed by atoms with Crippen LogP contribution in [-0.4, -0.2) is 20.8 Å². The minimum Gasteiger partial charge on any atom is -0.328 e. The summed E-state index contributed by atoms with van der Waals surface area (Å²) in [6.07, 6.45) is 7.22. The highest BCUT2D eigenvalue weighted by molar-refractivity contribution is 5.33. The first-order valence-electron chi connectivity index (χ1n) is 9.16. The van der Waals surface area contributed by atoms with Crippen LogP contribution in [-0.2, 0) is 33.0 Å². The van der Waals surface area contributed by atoms with E-state index in [0.29, 0.717) is 12.0 Å². The SMILES string of the molecule is Cn1c(CNCc2ccc3c(c2)CCCC3)nnc1C1CC(N)C1. The third-order valence-electron chi connectivity index (χ3n) is 5.56. The average molecular weight is 325 g/mol. The Morgan fingerprint density at radius 3 is 2.71 bits per heavy atom. The molecule has 128 valence electrons. The molecule has 1 aromatic carbocycles. The average Bonchev–Trinajstić information content (AvgIpc) is 2.92. The van der Waals surface area contributed by atoms with Crippen molar-refractivity contribution in [1.82, 2.24) is 20.1 Å². The fourth-order valence-electron chi connectivity index (χ4n) is 3.97. The Morgan fingerprint density at radius 2 is 1.92 bits per heavy atom. The van der Waals surface area contributed by atoms with E-state index in [2.05, 4.69) is 45.3 Å². The van der Waals surface area contributed by atoms with E-state index in [0.717, 1.165) is 37.6 Å². The van der Waals surface area contributed by atoms with Crippen LogP contribution in [0.4, 0.5) is 0 Å². The van der Waals surface area contributed by atoms with E-state index in [1.807, 2.05) is 0 Å². The number of aryl methyl sites for hydroxylation is 2. The van der Waals surface area contributed by atoms with Crippen molar-refractivity contribution < 1.29 is 0 Å². The number of rotatable bonds is 5. The maximum Gasteiger partial charge on any atom is 0.146 e. The van der Waals surface area contributed by atoms with Crippen molar-refractivity contribution in [1.29, 1.82) is 0 Å². The van der Waals surface area contributed by atoms with Crippen molar-refractivity contribution in [3.8, 4) is 0 Å². The number of nitrogens with two attached hydrogens (primary N) is 1. The summed E-state index contributed by atoms with van der Waals surface area (Å²) in [6.45, 7) is 1.63. The predicted molar refractivity (Wildman–Crippen MR) is 94.6 cm³/mol. The molecule has 0 radical (unpaired) electrons. The minimum absolute atomic E-state index is 0.345. The van der Waals surface area contributed by atoms with Crippen LogP contribution >= 0.6 is 0 Å². The van der Waals surface area contributed by atoms with Crippen molar-refractivity contribution in [2.75, 3.05) is 0 Å². The molecule has 4 rings (SSSR count). The molecule has 1 saturated carbocycles. The lowest BCUT2D eigenvalue weighted by Gasteiger charge is -2.31. The Hall–Kier alpha value is -1.72. The van der Waals surface area contributed by atoms with Crippen molar-refractivity contribution >= 4 is 0 Å². The van der Waals surface area contributed by atoms with Crippen LogP contribution in [0.25, 0.3) is 0 Å². The quantitative estimate of drug-likeness (QED) is 0.884. The maximum atomic E-state index is 5.89. The summed E-state index contributed by atoms with van der Waals surface area (Å²) < 4.78 is 2.14. The molecule has 5 nitrogen and oxygen atoms in total. The van der Waals surface area contributed by atoms with Crippen LogP contribution in [0.3, 0.4) is 0 Å². The summed E-state index contributed by atoms with van der Waals surface area (Å²) in [7, 11) is 2.06. The van der Waals surface area contributed by atoms with Crippen molar-refractivity contribution in [3.05, 3.63) is 46.5 Å². The summed E-state index contributed by atoms with van der Waals surface area (Å²) in [6, 6.07) is 7.29. The van der Waals surface area contributed by atoms with Gasteiger partial charge in [0.2, 0.25) is 0 Å². The van der Waals surface area contributed by atoms with Gasteiger partial charge in [0.05, 0.1) is 6.54 Å². The molecule has 2 aliphatic carbocycles. The third-order valence-corrected chi connectivity index (χ3v) is 5.56. The van der Waals surface area contributed by atoms with E-state index in [9.17, 15) is 0 Å². The van der Waals surface area contributed by atoms with Crippen LogP contribution < -0.4 is 11.1 Å². The summed E-state index contributed by atoms with van der Waals surface area (Å²) in [5, 5.41) is 12.2. The predicted octanol–water partition coefficient (Wildman–Crippen LogP) is 2.19. The van der Waals surface area contributed by atoms with E-state index in [1.165, 1.54) is 31.2 Å². The largest absolute Gasteiger partial charge is 0.328 e. The minimum atomic E-state index is 0.345. The molecule has 0 atom stereocenters. The van der Waals surface area contributed by atoms with E-state index in [-0.39, 0.29) is 0 Å². The van der Waals surface area contributed by atoms with E-state index < -0.39 is 0 Å². The molecule has 0 spiro atoms. The summed E-state index contributed by atoms with van der Waals surface area (Å²) in [4.78, 5) is 0. The number of aromatic nitrogens is 3. The third kappa shape index (κ3) is 3.10. The van der Waals surface area contributed by atoms with Gasteiger partial charge in [-0.3, -0.25) is 0 Å². The Morgan fingerprint density at radius 1 is 1.12 bits per heavy atom. The van der Waals surface area contributed by atoms with E-state index in [4.69, 9.17) is 5.73 Å². The molecule has 24 heavy (non-hydrogen) atoms. The monoisotopic (exact) mass is 325 g/mol. The van der Waals surface area contributed by atoms with E-state index in [1.54, 1.807) is 11.1 Å². The molecule has 0 amide bonds. The van der Waals surface area contributed by atoms with Crippen LogP contribution in [0.5, 0.6) is 0 Å². The molecule has 0 saturated heterocycles. The number of nitrogens with one attached hydrogen (secondary N) is 1. The lowest BCUT2D eigenvalue weighted by Crippen LogP contribution is -2.36. The zero-order chi connectivity index (χ0) is 16.5. The highest BCUT2D eigenvalue weighted by Crippen LogP contribution is 2.34. The molecule has 5 heteroatoms. The lowest BCUT2D eigenvalue weighted by molar-refractivity contribution is 0.331. The Bertz CT molecular complexity index is 715. The van der Waals surface area contributed by atoms with Gasteiger partial charge in [0, 0.05) is 25.6 Å². The first-order valence-corrected chi connectivity index (χ1v) is 9.16. The van der Waals surface area contributed by atoms with Crippen LogP contribution in [0.1, 0.15) is 59.9 Å². The van der Waals surface area contributed by atoms with Gasteiger partial charge < -0.3 is 15.6 Å². The molecule has 2 aromatic rings. The van der Waals surface area contributed by atoms with E-state index >= 15 is 0 Å². The molecule has 1 fully saturated rings. The van der Waals surface area contributed by atoms with Gasteiger partial charge in [0.15, 0.2) is 0 Å². The molecule has 0 aliphatic heterocycles. The second kappa shape index (κ2) is 6.65. The van der Waals surface area contributed by atoms with Gasteiger partial charge in [0.25, 0.3) is 0 Å². The van der Waals surface area contributed by atoms with Crippen molar-refractivity contribution in [2.45, 2.75) is 63.6 Å². The fraction of sp³-hybridized carbons (Fsp3) is 0.579. The molecule has 0 unspecified atom stereocenters. The van der Waals surface area contributed by atoms with Crippen LogP contribution in [0, 0.1) is 0 Å². The second-order valence-electron chi connectivity index (χ2n) is 7.38. The number of hydrogen-bond donors (Lipinski definition) is 2. The normalized spacial score (nSPS) is 22.9. The van der Waals surface area contributed by atoms with Crippen LogP contribution in [0.2, 0.25) is 0 Å². The molecule has 1 aromatic heterocycles. The van der Waals surface area contributed by atoms with Gasteiger partial charge in [-0.25, -0.2) is 0 Å². The van der Waals surface area contributed by atoms with Crippen molar-refractivity contribution in [2.24, 2.45) is 12.8 Å². The van der Waals surface area contributed by atoms with Gasteiger partial charge >= 0.3 is 0 Å². The maximum absolute atomic E-state index is 5.89. The highest BCUT2D eigenvalue weighted by atomic mass is 15.3. The Balaban J connectivity index is 1.34. The molecular weight excluding hydrogens is 298 g/mol. The van der Waals surface area contributed by atoms with Gasteiger partial charge in [0.1, 0.15) is 11.6 Å². The van der Waals surface area contributed by atoms with Gasteiger partial charge in [-0.15, -0.1) is 10.2 Å². The lowest BCUT2D eigenvalue weighted by atomic mass is 9.80. The van der Waals surface area contributed by atoms with Crippen molar-refractivity contribution in [3.63, 3.8) is 0 Å². The molecule has 2 aliphatic rings. The number of hydrogen-bond acceptors (Lipinski definition) is 4. The first-order chi connectivity index (χ1) is 11.7. The zero-order valence-electron chi connectivity index (χ0n) is 14.5. The number of nitrogens with zero attached hydrogens (tertiary/aromatic N) is 3. The van der Waals surface area contributed by atoms with Gasteiger partial charge in [-0.2, -0.15) is 0 Å². The molecule has 1 heterocycles. The van der Waals surface area contributed by atoms with Gasteiger partial charge in [-0.05, 0) is 55.2 Å². The second-order valence-corrected chi connectivity index (χ2v) is 7.38. The Labute approximate surface area is 143 Å². The highest BCUT2D eigenvalue weighted by Gasteiger charge is 2.31. The van der Waals surface area contributed by atoms with Gasteiger partial charge in [-0.1, -0.05) is 18.2 Å². The Kier molecular flexibility index (Phi) is 4.37. The molecule has 0 bridgehead atoms. The molecular formula is C19H27N5. The summed E-state index contributed by atoms with van der Waals surface area (Å²) in [5.41, 5.74) is 10.3. The number of benzene rings is 1. The first kappa shape index (κ1) is 15.8. The number of fused-ring (bicyclic) bond motifs is 1. The standard InChI is InChI=1S/C19H27N5/c1-24-18(22-23-19(24)16-9-17(20)10-16)12-21-11-13-6-7-14-4-2-3-5-15(14)8-13/h6-8,16-17,21H,2-5,9-12,20H2,1H3. The smallest absolute Gasteiger partial charge is 0.146 e. The summed E-state index contributed by atoms with van der Waals surface area (Å²) in [5.74, 6) is 2.58. The topological polar surface area (TPSA) is 68.8 Å². The summed E-state index contributed by atoms with van der Waals surface area (Å²) >= 11 is 0. The fourth-order valence-corrected chi connectivity index (χ4v) is 3.97. The van der Waals surface area contributed by atoms with Crippen LogP contribution in [0.15, 0.2) is 18.2 Å². The zero-order valence-corrected chi connectivity index (χ0v) is 14.5.